The monoisotopic (exact) mass is 304 g/mol. The van der Waals surface area contributed by atoms with Crippen LogP contribution < -0.4 is 5.32 Å². The van der Waals surface area contributed by atoms with E-state index in [1.54, 1.807) is 18.5 Å². The minimum atomic E-state index is -0.416. The fourth-order valence-electron chi connectivity index (χ4n) is 3.26. The zero-order chi connectivity index (χ0) is 15.8. The van der Waals surface area contributed by atoms with Gasteiger partial charge in [0.05, 0.1) is 29.6 Å². The number of aliphatic hydroxyl groups is 1. The van der Waals surface area contributed by atoms with E-state index >= 15 is 0 Å². The van der Waals surface area contributed by atoms with Gasteiger partial charge in [0.1, 0.15) is 11.7 Å². The zero-order valence-electron chi connectivity index (χ0n) is 12.5. The van der Waals surface area contributed by atoms with E-state index in [2.05, 4.69) is 28.5 Å². The van der Waals surface area contributed by atoms with Gasteiger partial charge in [0.2, 0.25) is 0 Å². The number of pyridine rings is 1. The first-order valence-corrected chi connectivity index (χ1v) is 7.61. The molecule has 3 aromatic rings. The molecule has 0 aliphatic heterocycles. The van der Waals surface area contributed by atoms with E-state index in [4.69, 9.17) is 5.26 Å². The maximum Gasteiger partial charge on any atom is 0.137 e. The molecular formula is C18H16N4O. The van der Waals surface area contributed by atoms with Gasteiger partial charge < -0.3 is 14.8 Å². The molecule has 0 bridgehead atoms. The maximum absolute atomic E-state index is 10.3. The minimum Gasteiger partial charge on any atom is -0.391 e. The molecule has 0 spiro atoms. The molecule has 1 aliphatic rings. The molecule has 0 saturated carbocycles. The Balaban J connectivity index is 1.59. The highest BCUT2D eigenvalue weighted by molar-refractivity contribution is 5.44. The molecule has 2 aromatic heterocycles. The summed E-state index contributed by atoms with van der Waals surface area (Å²) in [4.78, 5) is 4.35. The zero-order valence-corrected chi connectivity index (χ0v) is 12.5. The highest BCUT2D eigenvalue weighted by atomic mass is 16.3. The standard InChI is InChI=1S/C18H16N4O/c19-8-12-5-6-17-20-9-14(22(17)11-12)10-21-18-15-4-2-1-3-13(15)7-16(18)23/h1-6,9,11,16,18,21,23H,7,10H2/t16-,18+/m1/s1. The van der Waals surface area contributed by atoms with Gasteiger partial charge in [-0.05, 0) is 23.3 Å². The van der Waals surface area contributed by atoms with Crippen LogP contribution in [-0.4, -0.2) is 20.6 Å². The summed E-state index contributed by atoms with van der Waals surface area (Å²) in [5.74, 6) is 0. The van der Waals surface area contributed by atoms with Crippen molar-refractivity contribution in [1.29, 1.82) is 5.26 Å². The summed E-state index contributed by atoms with van der Waals surface area (Å²) in [6.07, 6.45) is 3.86. The van der Waals surface area contributed by atoms with Crippen molar-refractivity contribution >= 4 is 5.65 Å². The molecule has 4 rings (SSSR count). The van der Waals surface area contributed by atoms with Gasteiger partial charge in [-0.15, -0.1) is 0 Å². The summed E-state index contributed by atoms with van der Waals surface area (Å²) in [6, 6.07) is 13.8. The highest BCUT2D eigenvalue weighted by Gasteiger charge is 2.30. The van der Waals surface area contributed by atoms with Crippen molar-refractivity contribution in [2.75, 3.05) is 0 Å². The van der Waals surface area contributed by atoms with E-state index in [1.807, 2.05) is 22.6 Å². The number of imidazole rings is 1. The van der Waals surface area contributed by atoms with Gasteiger partial charge in [0.25, 0.3) is 0 Å². The van der Waals surface area contributed by atoms with Gasteiger partial charge in [-0.1, -0.05) is 24.3 Å². The van der Waals surface area contributed by atoms with Crippen molar-refractivity contribution in [3.8, 4) is 6.07 Å². The van der Waals surface area contributed by atoms with E-state index in [1.165, 1.54) is 5.56 Å². The topological polar surface area (TPSA) is 73.3 Å². The number of hydrogen-bond acceptors (Lipinski definition) is 4. The summed E-state index contributed by atoms with van der Waals surface area (Å²) in [6.45, 7) is 0.576. The highest BCUT2D eigenvalue weighted by Crippen LogP contribution is 2.31. The Morgan fingerprint density at radius 1 is 1.30 bits per heavy atom. The molecular weight excluding hydrogens is 288 g/mol. The van der Waals surface area contributed by atoms with E-state index in [0.29, 0.717) is 18.5 Å². The van der Waals surface area contributed by atoms with E-state index < -0.39 is 6.10 Å². The number of nitrogens with one attached hydrogen (secondary N) is 1. The molecule has 0 unspecified atom stereocenters. The van der Waals surface area contributed by atoms with Crippen LogP contribution in [-0.2, 0) is 13.0 Å². The van der Waals surface area contributed by atoms with Crippen molar-refractivity contribution in [3.05, 3.63) is 71.2 Å². The summed E-state index contributed by atoms with van der Waals surface area (Å²) >= 11 is 0. The van der Waals surface area contributed by atoms with Gasteiger partial charge in [0, 0.05) is 19.2 Å². The van der Waals surface area contributed by atoms with Crippen LogP contribution in [0, 0.1) is 11.3 Å². The lowest BCUT2D eigenvalue weighted by Crippen LogP contribution is -2.28. The third kappa shape index (κ3) is 2.38. The number of hydrogen-bond donors (Lipinski definition) is 2. The van der Waals surface area contributed by atoms with Crippen LogP contribution in [0.4, 0.5) is 0 Å². The average molecular weight is 304 g/mol. The van der Waals surface area contributed by atoms with E-state index in [0.717, 1.165) is 16.9 Å². The number of nitriles is 1. The quantitative estimate of drug-likeness (QED) is 0.776. The van der Waals surface area contributed by atoms with Gasteiger partial charge in [-0.2, -0.15) is 5.26 Å². The Kier molecular flexibility index (Phi) is 3.34. The van der Waals surface area contributed by atoms with Gasteiger partial charge in [-0.3, -0.25) is 0 Å². The second-order valence-electron chi connectivity index (χ2n) is 5.84. The molecule has 114 valence electrons. The summed E-state index contributed by atoms with van der Waals surface area (Å²) in [5.41, 5.74) is 4.73. The Hall–Kier alpha value is -2.68. The maximum atomic E-state index is 10.3. The number of aliphatic hydroxyl groups excluding tert-OH is 1. The fraction of sp³-hybridized carbons (Fsp3) is 0.222. The van der Waals surface area contributed by atoms with Crippen LogP contribution in [0.3, 0.4) is 0 Å². The first-order chi connectivity index (χ1) is 11.3. The van der Waals surface area contributed by atoms with E-state index in [-0.39, 0.29) is 6.04 Å². The molecule has 0 amide bonds. The van der Waals surface area contributed by atoms with Crippen molar-refractivity contribution in [2.24, 2.45) is 0 Å². The lowest BCUT2D eigenvalue weighted by atomic mass is 10.1. The second kappa shape index (κ2) is 5.51. The van der Waals surface area contributed by atoms with E-state index in [9.17, 15) is 5.11 Å². The molecule has 5 nitrogen and oxygen atoms in total. The van der Waals surface area contributed by atoms with Crippen LogP contribution in [0.25, 0.3) is 5.65 Å². The lowest BCUT2D eigenvalue weighted by Gasteiger charge is -2.17. The molecule has 0 fully saturated rings. The molecule has 2 atom stereocenters. The molecule has 1 aromatic carbocycles. The van der Waals surface area contributed by atoms with Crippen LogP contribution >= 0.6 is 0 Å². The molecule has 0 saturated heterocycles. The summed E-state index contributed by atoms with van der Waals surface area (Å²) in [5, 5.41) is 22.8. The van der Waals surface area contributed by atoms with Crippen molar-refractivity contribution in [1.82, 2.24) is 14.7 Å². The number of fused-ring (bicyclic) bond motifs is 2. The van der Waals surface area contributed by atoms with Crippen LogP contribution in [0.2, 0.25) is 0 Å². The van der Waals surface area contributed by atoms with Crippen LogP contribution in [0.1, 0.15) is 28.4 Å². The fourth-order valence-corrected chi connectivity index (χ4v) is 3.26. The Bertz CT molecular complexity index is 909. The molecule has 5 heteroatoms. The summed E-state index contributed by atoms with van der Waals surface area (Å²) < 4.78 is 1.92. The molecule has 1 aliphatic carbocycles. The largest absolute Gasteiger partial charge is 0.391 e. The van der Waals surface area contributed by atoms with Crippen LogP contribution in [0.15, 0.2) is 48.8 Å². The Labute approximate surface area is 133 Å². The smallest absolute Gasteiger partial charge is 0.137 e. The molecule has 0 radical (unpaired) electrons. The normalized spacial score (nSPS) is 19.7. The first-order valence-electron chi connectivity index (χ1n) is 7.61. The van der Waals surface area contributed by atoms with Gasteiger partial charge in [0.15, 0.2) is 0 Å². The number of aromatic nitrogens is 2. The van der Waals surface area contributed by atoms with Gasteiger partial charge >= 0.3 is 0 Å². The predicted molar refractivity (Wildman–Crippen MR) is 85.6 cm³/mol. The number of benzene rings is 1. The van der Waals surface area contributed by atoms with Gasteiger partial charge in [-0.25, -0.2) is 4.98 Å². The first kappa shape index (κ1) is 13.9. The predicted octanol–water partition coefficient (Wildman–Crippen LogP) is 1.95. The van der Waals surface area contributed by atoms with Crippen molar-refractivity contribution < 1.29 is 5.11 Å². The third-order valence-electron chi connectivity index (χ3n) is 4.42. The molecule has 2 heterocycles. The molecule has 23 heavy (non-hydrogen) atoms. The average Bonchev–Trinajstić information content (AvgIpc) is 3.12. The lowest BCUT2D eigenvalue weighted by molar-refractivity contribution is 0.140. The van der Waals surface area contributed by atoms with Crippen molar-refractivity contribution in [2.45, 2.75) is 25.1 Å². The van der Waals surface area contributed by atoms with Crippen LogP contribution in [0.5, 0.6) is 0 Å². The van der Waals surface area contributed by atoms with Crippen molar-refractivity contribution in [3.63, 3.8) is 0 Å². The Morgan fingerprint density at radius 3 is 3.04 bits per heavy atom. The second-order valence-corrected chi connectivity index (χ2v) is 5.84. The SMILES string of the molecule is N#Cc1ccc2ncc(CN[C@H]3c4ccccc4C[C@H]3O)n2c1. The minimum absolute atomic E-state index is 0.0732. The summed E-state index contributed by atoms with van der Waals surface area (Å²) in [7, 11) is 0. The third-order valence-corrected chi connectivity index (χ3v) is 4.42. The number of nitrogens with zero attached hydrogens (tertiary/aromatic N) is 3. The Morgan fingerprint density at radius 2 is 2.17 bits per heavy atom. The molecule has 2 N–H and O–H groups in total. The number of rotatable bonds is 3.